The Balaban J connectivity index is 1.28. The van der Waals surface area contributed by atoms with Crippen molar-refractivity contribution in [3.05, 3.63) is 83.9 Å². The Morgan fingerprint density at radius 2 is 1.53 bits per heavy atom. The van der Waals surface area contributed by atoms with Crippen molar-refractivity contribution < 1.29 is 27.4 Å². The molecule has 0 spiro atoms. The molecule has 1 saturated heterocycles. The van der Waals surface area contributed by atoms with Gasteiger partial charge in [0.2, 0.25) is 5.91 Å². The van der Waals surface area contributed by atoms with Crippen molar-refractivity contribution in [1.82, 2.24) is 10.2 Å². The van der Waals surface area contributed by atoms with E-state index in [9.17, 15) is 13.2 Å². The number of nitrogens with one attached hydrogen (secondary N) is 1. The van der Waals surface area contributed by atoms with Gasteiger partial charge in [-0.15, -0.1) is 0 Å². The van der Waals surface area contributed by atoms with Gasteiger partial charge in [0.25, 0.3) is 10.0 Å². The number of morpholine rings is 1. The first-order chi connectivity index (χ1) is 18.5. The summed E-state index contributed by atoms with van der Waals surface area (Å²) in [6.07, 6.45) is 0. The standard InChI is InChI=1S/C28H31N3O6S/c32-28(29-19-22-6-8-23(9-7-22)20-30-12-14-35-15-13-30)21-31(38(33,34)25-4-2-1-3-5-25)24-10-11-26-27(18-24)37-17-16-36-26/h1-11,18H,12-17,19-21H2,(H,29,32). The van der Waals surface area contributed by atoms with Crippen LogP contribution < -0.4 is 19.1 Å². The van der Waals surface area contributed by atoms with Crippen LogP contribution in [0.2, 0.25) is 0 Å². The summed E-state index contributed by atoms with van der Waals surface area (Å²) in [7, 11) is -4.02. The molecule has 1 N–H and O–H groups in total. The highest BCUT2D eigenvalue weighted by atomic mass is 32.2. The average molecular weight is 538 g/mol. The van der Waals surface area contributed by atoms with E-state index in [4.69, 9.17) is 14.2 Å². The fraction of sp³-hybridized carbons (Fsp3) is 0.321. The average Bonchev–Trinajstić information content (AvgIpc) is 2.96. The molecule has 0 radical (unpaired) electrons. The monoisotopic (exact) mass is 537 g/mol. The topological polar surface area (TPSA) is 97.4 Å². The molecular weight excluding hydrogens is 506 g/mol. The third-order valence-corrected chi connectivity index (χ3v) is 8.24. The number of ether oxygens (including phenoxy) is 3. The van der Waals surface area contributed by atoms with Crippen LogP contribution in [0.5, 0.6) is 11.5 Å². The van der Waals surface area contributed by atoms with Gasteiger partial charge in [-0.2, -0.15) is 0 Å². The third-order valence-electron chi connectivity index (χ3n) is 6.45. The summed E-state index contributed by atoms with van der Waals surface area (Å²) in [6, 6.07) is 21.0. The van der Waals surface area contributed by atoms with Crippen molar-refractivity contribution in [2.45, 2.75) is 18.0 Å². The minimum Gasteiger partial charge on any atom is -0.486 e. The van der Waals surface area contributed by atoms with E-state index in [1.54, 1.807) is 36.4 Å². The highest BCUT2D eigenvalue weighted by Crippen LogP contribution is 2.35. The van der Waals surface area contributed by atoms with Crippen LogP contribution in [0.3, 0.4) is 0 Å². The van der Waals surface area contributed by atoms with Crippen LogP contribution in [0, 0.1) is 0 Å². The number of benzene rings is 3. The van der Waals surface area contributed by atoms with Crippen LogP contribution in [0.1, 0.15) is 11.1 Å². The molecule has 0 aromatic heterocycles. The van der Waals surface area contributed by atoms with Gasteiger partial charge in [-0.05, 0) is 35.4 Å². The third kappa shape index (κ3) is 6.27. The molecule has 0 bridgehead atoms. The fourth-order valence-electron chi connectivity index (χ4n) is 4.39. The van der Waals surface area contributed by atoms with Crippen molar-refractivity contribution in [3.8, 4) is 11.5 Å². The molecule has 9 nitrogen and oxygen atoms in total. The molecule has 1 fully saturated rings. The normalized spacial score (nSPS) is 15.6. The zero-order chi connectivity index (χ0) is 26.4. The molecule has 3 aromatic carbocycles. The van der Waals surface area contributed by atoms with Gasteiger partial charge < -0.3 is 19.5 Å². The second kappa shape index (κ2) is 11.8. The summed E-state index contributed by atoms with van der Waals surface area (Å²) < 4.78 is 44.9. The summed E-state index contributed by atoms with van der Waals surface area (Å²) >= 11 is 0. The molecule has 0 aliphatic carbocycles. The van der Waals surface area contributed by atoms with E-state index < -0.39 is 15.9 Å². The Hall–Kier alpha value is -3.60. The van der Waals surface area contributed by atoms with E-state index in [0.29, 0.717) is 30.4 Å². The largest absolute Gasteiger partial charge is 0.486 e. The van der Waals surface area contributed by atoms with Gasteiger partial charge in [0.15, 0.2) is 11.5 Å². The van der Waals surface area contributed by atoms with Crippen LogP contribution in [0.15, 0.2) is 77.7 Å². The smallest absolute Gasteiger partial charge is 0.264 e. The zero-order valence-electron chi connectivity index (χ0n) is 21.0. The lowest BCUT2D eigenvalue weighted by Crippen LogP contribution is -2.40. The molecule has 38 heavy (non-hydrogen) atoms. The van der Waals surface area contributed by atoms with E-state index in [2.05, 4.69) is 22.3 Å². The zero-order valence-corrected chi connectivity index (χ0v) is 21.9. The van der Waals surface area contributed by atoms with Crippen molar-refractivity contribution in [3.63, 3.8) is 0 Å². The van der Waals surface area contributed by atoms with E-state index in [0.717, 1.165) is 42.7 Å². The van der Waals surface area contributed by atoms with Crippen molar-refractivity contribution >= 4 is 21.6 Å². The molecule has 0 atom stereocenters. The molecule has 0 saturated carbocycles. The molecule has 5 rings (SSSR count). The predicted molar refractivity (Wildman–Crippen MR) is 143 cm³/mol. The number of carbonyl (C=O) groups is 1. The van der Waals surface area contributed by atoms with Gasteiger partial charge in [0, 0.05) is 32.2 Å². The number of anilines is 1. The van der Waals surface area contributed by atoms with Crippen molar-refractivity contribution in [2.75, 3.05) is 50.4 Å². The maximum atomic E-state index is 13.6. The molecule has 3 aromatic rings. The minimum absolute atomic E-state index is 0.0959. The molecule has 0 unspecified atom stereocenters. The molecule has 1 amide bonds. The van der Waals surface area contributed by atoms with Gasteiger partial charge >= 0.3 is 0 Å². The van der Waals surface area contributed by atoms with Crippen molar-refractivity contribution in [2.24, 2.45) is 0 Å². The first kappa shape index (κ1) is 26.0. The van der Waals surface area contributed by atoms with Gasteiger partial charge in [-0.3, -0.25) is 14.0 Å². The van der Waals surface area contributed by atoms with Crippen LogP contribution in [0.4, 0.5) is 5.69 Å². The maximum Gasteiger partial charge on any atom is 0.264 e. The number of sulfonamides is 1. The fourth-order valence-corrected chi connectivity index (χ4v) is 5.82. The Morgan fingerprint density at radius 1 is 0.842 bits per heavy atom. The van der Waals surface area contributed by atoms with E-state index in [-0.39, 0.29) is 18.0 Å². The Morgan fingerprint density at radius 3 is 2.26 bits per heavy atom. The summed E-state index contributed by atoms with van der Waals surface area (Å²) in [6.45, 7) is 4.91. The molecule has 2 heterocycles. The van der Waals surface area contributed by atoms with Gasteiger partial charge in [0.1, 0.15) is 19.8 Å². The second-order valence-corrected chi connectivity index (χ2v) is 11.0. The van der Waals surface area contributed by atoms with Crippen LogP contribution >= 0.6 is 0 Å². The Bertz CT molecular complexity index is 1340. The SMILES string of the molecule is O=C(CN(c1ccc2c(c1)OCCO2)S(=O)(=O)c1ccccc1)NCc1ccc(CN2CCOCC2)cc1. The first-order valence-corrected chi connectivity index (χ1v) is 14.0. The van der Waals surface area contributed by atoms with E-state index in [1.807, 2.05) is 12.1 Å². The summed E-state index contributed by atoms with van der Waals surface area (Å²) in [5.41, 5.74) is 2.45. The van der Waals surface area contributed by atoms with Gasteiger partial charge in [0.05, 0.1) is 23.8 Å². The summed E-state index contributed by atoms with van der Waals surface area (Å²) in [5, 5.41) is 2.86. The lowest BCUT2D eigenvalue weighted by molar-refractivity contribution is -0.119. The number of nitrogens with zero attached hydrogens (tertiary/aromatic N) is 2. The van der Waals surface area contributed by atoms with Gasteiger partial charge in [-0.25, -0.2) is 8.42 Å². The number of carbonyl (C=O) groups excluding carboxylic acids is 1. The minimum atomic E-state index is -4.02. The molecular formula is C28H31N3O6S. The summed E-state index contributed by atoms with van der Waals surface area (Å²) in [5.74, 6) is 0.565. The maximum absolute atomic E-state index is 13.6. The van der Waals surface area contributed by atoms with E-state index >= 15 is 0 Å². The lowest BCUT2D eigenvalue weighted by atomic mass is 10.1. The molecule has 200 valence electrons. The Labute approximate surface area is 223 Å². The number of hydrogen-bond acceptors (Lipinski definition) is 7. The Kier molecular flexibility index (Phi) is 8.11. The predicted octanol–water partition coefficient (Wildman–Crippen LogP) is 2.80. The van der Waals surface area contributed by atoms with Gasteiger partial charge in [-0.1, -0.05) is 42.5 Å². The number of amides is 1. The van der Waals surface area contributed by atoms with Crippen LogP contribution in [-0.2, 0) is 32.6 Å². The second-order valence-electron chi connectivity index (χ2n) is 9.13. The number of fused-ring (bicyclic) bond motifs is 1. The van der Waals surface area contributed by atoms with Crippen molar-refractivity contribution in [1.29, 1.82) is 0 Å². The summed E-state index contributed by atoms with van der Waals surface area (Å²) in [4.78, 5) is 15.4. The molecule has 10 heteroatoms. The highest BCUT2D eigenvalue weighted by molar-refractivity contribution is 7.92. The van der Waals surface area contributed by atoms with Crippen LogP contribution in [0.25, 0.3) is 0 Å². The molecule has 2 aliphatic rings. The molecule has 2 aliphatic heterocycles. The lowest BCUT2D eigenvalue weighted by Gasteiger charge is -2.26. The number of rotatable bonds is 9. The van der Waals surface area contributed by atoms with E-state index in [1.165, 1.54) is 17.7 Å². The number of hydrogen-bond donors (Lipinski definition) is 1. The van der Waals surface area contributed by atoms with Crippen LogP contribution in [-0.4, -0.2) is 65.3 Å². The quantitative estimate of drug-likeness (QED) is 0.448. The first-order valence-electron chi connectivity index (χ1n) is 12.6. The highest BCUT2D eigenvalue weighted by Gasteiger charge is 2.28.